The molecule has 0 unspecified atom stereocenters. The summed E-state index contributed by atoms with van der Waals surface area (Å²) in [6.45, 7) is 8.78. The predicted molar refractivity (Wildman–Crippen MR) is 125 cm³/mol. The van der Waals surface area contributed by atoms with Gasteiger partial charge in [-0.25, -0.2) is 0 Å². The van der Waals surface area contributed by atoms with E-state index in [1.807, 2.05) is 30.3 Å². The fourth-order valence-electron chi connectivity index (χ4n) is 3.58. The number of para-hydroxylation sites is 1. The van der Waals surface area contributed by atoms with E-state index in [9.17, 15) is 9.59 Å². The lowest BCUT2D eigenvalue weighted by atomic mass is 9.97. The summed E-state index contributed by atoms with van der Waals surface area (Å²) in [7, 11) is 0. The molecule has 1 aliphatic heterocycles. The van der Waals surface area contributed by atoms with Gasteiger partial charge in [0.15, 0.2) is 6.61 Å². The molecule has 1 aliphatic rings. The van der Waals surface area contributed by atoms with E-state index < -0.39 is 0 Å². The first-order valence-corrected chi connectivity index (χ1v) is 11.1. The second-order valence-corrected chi connectivity index (χ2v) is 8.66. The van der Waals surface area contributed by atoms with Gasteiger partial charge in [-0.3, -0.25) is 9.59 Å². The van der Waals surface area contributed by atoms with Crippen molar-refractivity contribution in [2.75, 3.05) is 36.5 Å². The van der Waals surface area contributed by atoms with Crippen LogP contribution in [0.4, 0.5) is 11.4 Å². The van der Waals surface area contributed by atoms with Gasteiger partial charge in [0, 0.05) is 31.0 Å². The van der Waals surface area contributed by atoms with Gasteiger partial charge >= 0.3 is 0 Å². The van der Waals surface area contributed by atoms with Gasteiger partial charge in [0.1, 0.15) is 5.75 Å². The first-order valence-electron chi connectivity index (χ1n) is 11.1. The summed E-state index contributed by atoms with van der Waals surface area (Å²) in [6.07, 6.45) is 2.23. The molecule has 166 valence electrons. The number of nitrogens with one attached hydrogen (secondary N) is 2. The Balaban J connectivity index is 1.72. The lowest BCUT2D eigenvalue weighted by Gasteiger charge is -2.33. The van der Waals surface area contributed by atoms with Crippen LogP contribution in [0.15, 0.2) is 48.5 Å². The van der Waals surface area contributed by atoms with Crippen LogP contribution in [0.5, 0.6) is 5.75 Å². The third kappa shape index (κ3) is 6.74. The van der Waals surface area contributed by atoms with E-state index in [0.717, 1.165) is 31.6 Å². The average Bonchev–Trinajstić information content (AvgIpc) is 2.77. The van der Waals surface area contributed by atoms with Crippen molar-refractivity contribution in [2.24, 2.45) is 11.8 Å². The van der Waals surface area contributed by atoms with Gasteiger partial charge in [0.2, 0.25) is 0 Å². The third-order valence-corrected chi connectivity index (χ3v) is 5.43. The highest BCUT2D eigenvalue weighted by Gasteiger charge is 2.22. The molecule has 0 saturated carbocycles. The maximum Gasteiger partial charge on any atom is 0.262 e. The predicted octanol–water partition coefficient (Wildman–Crippen LogP) is 4.33. The van der Waals surface area contributed by atoms with Crippen LogP contribution in [0.1, 0.15) is 44.0 Å². The zero-order valence-corrected chi connectivity index (χ0v) is 18.7. The molecule has 2 aromatic carbocycles. The Kier molecular flexibility index (Phi) is 7.93. The molecule has 1 heterocycles. The zero-order chi connectivity index (χ0) is 22.2. The summed E-state index contributed by atoms with van der Waals surface area (Å²) in [5.41, 5.74) is 2.11. The molecule has 0 bridgehead atoms. The highest BCUT2D eigenvalue weighted by Crippen LogP contribution is 2.29. The van der Waals surface area contributed by atoms with E-state index in [0.29, 0.717) is 35.4 Å². The minimum atomic E-state index is -0.267. The average molecular weight is 424 g/mol. The highest BCUT2D eigenvalue weighted by atomic mass is 16.5. The largest absolute Gasteiger partial charge is 0.484 e. The van der Waals surface area contributed by atoms with E-state index in [1.54, 1.807) is 18.2 Å². The summed E-state index contributed by atoms with van der Waals surface area (Å²) in [5, 5.41) is 5.86. The third-order valence-electron chi connectivity index (χ3n) is 5.43. The molecule has 1 fully saturated rings. The Bertz CT molecular complexity index is 875. The second-order valence-electron chi connectivity index (χ2n) is 8.66. The van der Waals surface area contributed by atoms with E-state index in [-0.39, 0.29) is 18.4 Å². The molecule has 6 nitrogen and oxygen atoms in total. The maximum absolute atomic E-state index is 13.0. The number of rotatable bonds is 8. The molecular weight excluding hydrogens is 390 g/mol. The Morgan fingerprint density at radius 2 is 1.81 bits per heavy atom. The number of carbonyl (C=O) groups excluding carboxylic acids is 2. The highest BCUT2D eigenvalue weighted by molar-refractivity contribution is 6.02. The summed E-state index contributed by atoms with van der Waals surface area (Å²) >= 11 is 0. The lowest BCUT2D eigenvalue weighted by Crippen LogP contribution is -2.35. The van der Waals surface area contributed by atoms with E-state index in [1.165, 1.54) is 0 Å². The molecule has 2 aromatic rings. The fraction of sp³-hybridized carbons (Fsp3) is 0.440. The summed E-state index contributed by atoms with van der Waals surface area (Å²) in [5.74, 6) is 1.33. The Labute approximate surface area is 185 Å². The topological polar surface area (TPSA) is 70.7 Å². The number of ether oxygens (including phenoxy) is 1. The van der Waals surface area contributed by atoms with Gasteiger partial charge in [-0.05, 0) is 55.0 Å². The number of hydrogen-bond acceptors (Lipinski definition) is 4. The maximum atomic E-state index is 13.0. The molecule has 0 aromatic heterocycles. The van der Waals surface area contributed by atoms with Crippen LogP contribution >= 0.6 is 0 Å². The monoisotopic (exact) mass is 423 g/mol. The zero-order valence-electron chi connectivity index (χ0n) is 18.7. The van der Waals surface area contributed by atoms with Crippen LogP contribution < -0.4 is 20.3 Å². The molecule has 1 saturated heterocycles. The molecule has 0 atom stereocenters. The standard InChI is InChI=1S/C25H33N3O3/c1-18(2)16-26-25(30)22-15-20(9-10-23(22)28-13-11-19(3)12-14-28)27-24(29)17-31-21-7-5-4-6-8-21/h4-10,15,18-19H,11-14,16-17H2,1-3H3,(H,26,30)(H,27,29). The van der Waals surface area contributed by atoms with Crippen molar-refractivity contribution in [3.63, 3.8) is 0 Å². The van der Waals surface area contributed by atoms with Crippen molar-refractivity contribution in [1.29, 1.82) is 0 Å². The quantitative estimate of drug-likeness (QED) is 0.663. The number of benzene rings is 2. The van der Waals surface area contributed by atoms with Crippen LogP contribution in [-0.4, -0.2) is 38.1 Å². The van der Waals surface area contributed by atoms with Crippen LogP contribution in [0.3, 0.4) is 0 Å². The summed E-state index contributed by atoms with van der Waals surface area (Å²) in [6, 6.07) is 14.8. The Hall–Kier alpha value is -3.02. The van der Waals surface area contributed by atoms with Gasteiger partial charge in [-0.15, -0.1) is 0 Å². The molecule has 31 heavy (non-hydrogen) atoms. The molecule has 0 spiro atoms. The Morgan fingerprint density at radius 3 is 2.48 bits per heavy atom. The minimum absolute atomic E-state index is 0.0926. The number of anilines is 2. The van der Waals surface area contributed by atoms with E-state index in [4.69, 9.17) is 4.74 Å². The molecule has 0 radical (unpaired) electrons. The summed E-state index contributed by atoms with van der Waals surface area (Å²) < 4.78 is 5.51. The molecule has 6 heteroatoms. The van der Waals surface area contributed by atoms with Gasteiger partial charge in [-0.2, -0.15) is 0 Å². The number of piperidine rings is 1. The molecule has 3 rings (SSSR count). The molecule has 0 aliphatic carbocycles. The van der Waals surface area contributed by atoms with E-state index >= 15 is 0 Å². The molecule has 2 amide bonds. The molecule has 2 N–H and O–H groups in total. The van der Waals surface area contributed by atoms with Gasteiger partial charge in [-0.1, -0.05) is 39.0 Å². The van der Waals surface area contributed by atoms with Gasteiger partial charge in [0.25, 0.3) is 11.8 Å². The first-order chi connectivity index (χ1) is 14.9. The summed E-state index contributed by atoms with van der Waals surface area (Å²) in [4.78, 5) is 27.6. The smallest absolute Gasteiger partial charge is 0.262 e. The van der Waals surface area contributed by atoms with Crippen molar-refractivity contribution in [2.45, 2.75) is 33.6 Å². The minimum Gasteiger partial charge on any atom is -0.484 e. The van der Waals surface area contributed by atoms with E-state index in [2.05, 4.69) is 36.3 Å². The van der Waals surface area contributed by atoms with Crippen molar-refractivity contribution >= 4 is 23.2 Å². The van der Waals surface area contributed by atoms with Gasteiger partial charge < -0.3 is 20.3 Å². The first kappa shape index (κ1) is 22.7. The SMILES string of the molecule is CC(C)CNC(=O)c1cc(NC(=O)COc2ccccc2)ccc1N1CCC(C)CC1. The number of amides is 2. The van der Waals surface area contributed by atoms with Crippen LogP contribution in [0, 0.1) is 11.8 Å². The van der Waals surface area contributed by atoms with Crippen LogP contribution in [-0.2, 0) is 4.79 Å². The fourth-order valence-corrected chi connectivity index (χ4v) is 3.58. The second kappa shape index (κ2) is 10.8. The van der Waals surface area contributed by atoms with Gasteiger partial charge in [0.05, 0.1) is 5.56 Å². The van der Waals surface area contributed by atoms with Crippen LogP contribution in [0.25, 0.3) is 0 Å². The van der Waals surface area contributed by atoms with Crippen molar-refractivity contribution in [3.8, 4) is 5.75 Å². The number of nitrogens with zero attached hydrogens (tertiary/aromatic N) is 1. The normalized spacial score (nSPS) is 14.4. The van der Waals surface area contributed by atoms with Crippen molar-refractivity contribution in [3.05, 3.63) is 54.1 Å². The lowest BCUT2D eigenvalue weighted by molar-refractivity contribution is -0.118. The van der Waals surface area contributed by atoms with Crippen LogP contribution in [0.2, 0.25) is 0 Å². The number of carbonyl (C=O) groups is 2. The number of hydrogen-bond donors (Lipinski definition) is 2. The Morgan fingerprint density at radius 1 is 1.10 bits per heavy atom. The van der Waals surface area contributed by atoms with Crippen molar-refractivity contribution < 1.29 is 14.3 Å². The van der Waals surface area contributed by atoms with Crippen molar-refractivity contribution in [1.82, 2.24) is 5.32 Å². The molecular formula is C25H33N3O3.